The first kappa shape index (κ1) is 14.5. The predicted molar refractivity (Wildman–Crippen MR) is 72.5 cm³/mol. The summed E-state index contributed by atoms with van der Waals surface area (Å²) in [6, 6.07) is 3.67. The Morgan fingerprint density at radius 3 is 2.74 bits per heavy atom. The quantitative estimate of drug-likeness (QED) is 0.766. The number of hydrogen-bond acceptors (Lipinski definition) is 4. The standard InChI is InChI=1S/C12H21N3O3S/c1-14(8-3-7-13)19(16,17)15(11-5-6-11)10-12-4-2-9-18-12/h2,4,9,11H,3,5-8,10,13H2,1H3. The molecule has 1 aromatic heterocycles. The van der Waals surface area contributed by atoms with Gasteiger partial charge in [-0.2, -0.15) is 17.0 Å². The van der Waals surface area contributed by atoms with Gasteiger partial charge in [0.1, 0.15) is 5.76 Å². The zero-order valence-corrected chi connectivity index (χ0v) is 12.0. The van der Waals surface area contributed by atoms with Gasteiger partial charge in [0, 0.05) is 19.6 Å². The summed E-state index contributed by atoms with van der Waals surface area (Å²) >= 11 is 0. The molecule has 0 unspecified atom stereocenters. The van der Waals surface area contributed by atoms with E-state index in [0.29, 0.717) is 31.8 Å². The highest BCUT2D eigenvalue weighted by molar-refractivity contribution is 7.86. The SMILES string of the molecule is CN(CCCN)S(=O)(=O)N(Cc1ccco1)C1CC1. The smallest absolute Gasteiger partial charge is 0.282 e. The number of nitrogens with zero attached hydrogens (tertiary/aromatic N) is 2. The van der Waals surface area contributed by atoms with Crippen LogP contribution in [0.1, 0.15) is 25.0 Å². The van der Waals surface area contributed by atoms with E-state index in [1.165, 1.54) is 8.61 Å². The third-order valence-corrected chi connectivity index (χ3v) is 5.20. The summed E-state index contributed by atoms with van der Waals surface area (Å²) in [4.78, 5) is 0. The minimum Gasteiger partial charge on any atom is -0.468 e. The van der Waals surface area contributed by atoms with E-state index >= 15 is 0 Å². The molecule has 19 heavy (non-hydrogen) atoms. The molecule has 1 aromatic rings. The Morgan fingerprint density at radius 2 is 2.21 bits per heavy atom. The van der Waals surface area contributed by atoms with Crippen LogP contribution in [0.25, 0.3) is 0 Å². The molecule has 1 aliphatic rings. The molecule has 0 aromatic carbocycles. The van der Waals surface area contributed by atoms with Crippen molar-refractivity contribution in [2.75, 3.05) is 20.1 Å². The van der Waals surface area contributed by atoms with Gasteiger partial charge in [-0.1, -0.05) is 0 Å². The van der Waals surface area contributed by atoms with Crippen molar-refractivity contribution < 1.29 is 12.8 Å². The van der Waals surface area contributed by atoms with E-state index in [0.717, 1.165) is 12.8 Å². The first-order valence-corrected chi connectivity index (χ1v) is 7.91. The van der Waals surface area contributed by atoms with Crippen molar-refractivity contribution in [3.05, 3.63) is 24.2 Å². The highest BCUT2D eigenvalue weighted by Gasteiger charge is 2.39. The van der Waals surface area contributed by atoms with Crippen LogP contribution in [0.3, 0.4) is 0 Å². The zero-order chi connectivity index (χ0) is 13.9. The Hall–Kier alpha value is -0.890. The van der Waals surface area contributed by atoms with E-state index in [4.69, 9.17) is 10.2 Å². The Balaban J connectivity index is 2.09. The van der Waals surface area contributed by atoms with E-state index < -0.39 is 10.2 Å². The van der Waals surface area contributed by atoms with E-state index in [2.05, 4.69) is 0 Å². The van der Waals surface area contributed by atoms with Crippen LogP contribution >= 0.6 is 0 Å². The van der Waals surface area contributed by atoms with E-state index in [1.54, 1.807) is 25.4 Å². The highest BCUT2D eigenvalue weighted by atomic mass is 32.2. The fourth-order valence-electron chi connectivity index (χ4n) is 1.93. The lowest BCUT2D eigenvalue weighted by Gasteiger charge is -2.26. The number of furan rings is 1. The van der Waals surface area contributed by atoms with Gasteiger partial charge in [0.2, 0.25) is 0 Å². The maximum atomic E-state index is 12.5. The second-order valence-electron chi connectivity index (χ2n) is 4.83. The lowest BCUT2D eigenvalue weighted by molar-refractivity contribution is 0.322. The summed E-state index contributed by atoms with van der Waals surface area (Å²) in [6.45, 7) is 1.23. The molecule has 0 aliphatic heterocycles. The number of rotatable bonds is 8. The van der Waals surface area contributed by atoms with Crippen LogP contribution < -0.4 is 5.73 Å². The summed E-state index contributed by atoms with van der Waals surface area (Å²) in [7, 11) is -1.84. The summed E-state index contributed by atoms with van der Waals surface area (Å²) in [5, 5.41) is 0. The topological polar surface area (TPSA) is 79.8 Å². The molecular formula is C12H21N3O3S. The van der Waals surface area contributed by atoms with Crippen LogP contribution in [0.2, 0.25) is 0 Å². The fourth-order valence-corrected chi connectivity index (χ4v) is 3.52. The van der Waals surface area contributed by atoms with Gasteiger partial charge in [0.15, 0.2) is 0 Å². The van der Waals surface area contributed by atoms with Crippen LogP contribution in [0.4, 0.5) is 0 Å². The third kappa shape index (κ3) is 3.56. The lowest BCUT2D eigenvalue weighted by Crippen LogP contribution is -2.43. The molecule has 1 fully saturated rings. The van der Waals surface area contributed by atoms with E-state index in [-0.39, 0.29) is 6.04 Å². The monoisotopic (exact) mass is 287 g/mol. The van der Waals surface area contributed by atoms with Crippen molar-refractivity contribution in [3.8, 4) is 0 Å². The molecule has 6 nitrogen and oxygen atoms in total. The molecule has 0 spiro atoms. The second kappa shape index (κ2) is 6.04. The molecule has 1 heterocycles. The van der Waals surface area contributed by atoms with Gasteiger partial charge in [-0.3, -0.25) is 0 Å². The summed E-state index contributed by atoms with van der Waals surface area (Å²) < 4.78 is 33.2. The van der Waals surface area contributed by atoms with Crippen molar-refractivity contribution in [1.82, 2.24) is 8.61 Å². The molecule has 0 radical (unpaired) electrons. The molecule has 0 amide bonds. The molecule has 108 valence electrons. The molecule has 7 heteroatoms. The summed E-state index contributed by atoms with van der Waals surface area (Å²) in [6.07, 6.45) is 4.06. The maximum Gasteiger partial charge on any atom is 0.282 e. The molecule has 2 N–H and O–H groups in total. The lowest BCUT2D eigenvalue weighted by atomic mass is 10.4. The minimum absolute atomic E-state index is 0.107. The summed E-state index contributed by atoms with van der Waals surface area (Å²) in [5.74, 6) is 0.669. The molecule has 1 aliphatic carbocycles. The molecule has 1 saturated carbocycles. The maximum absolute atomic E-state index is 12.5. The van der Waals surface area contributed by atoms with Crippen molar-refractivity contribution in [1.29, 1.82) is 0 Å². The van der Waals surface area contributed by atoms with Gasteiger partial charge in [-0.05, 0) is 37.9 Å². The van der Waals surface area contributed by atoms with E-state index in [1.807, 2.05) is 0 Å². The average molecular weight is 287 g/mol. The average Bonchev–Trinajstić information content (AvgIpc) is 3.09. The third-order valence-electron chi connectivity index (χ3n) is 3.21. The first-order valence-electron chi connectivity index (χ1n) is 6.51. The molecule has 0 bridgehead atoms. The van der Waals surface area contributed by atoms with Crippen LogP contribution in [-0.4, -0.2) is 43.2 Å². The van der Waals surface area contributed by atoms with E-state index in [9.17, 15) is 8.42 Å². The normalized spacial score (nSPS) is 16.4. The molecule has 2 rings (SSSR count). The molecule has 0 atom stereocenters. The van der Waals surface area contributed by atoms with Gasteiger partial charge >= 0.3 is 0 Å². The first-order chi connectivity index (χ1) is 9.05. The largest absolute Gasteiger partial charge is 0.468 e. The summed E-state index contributed by atoms with van der Waals surface area (Å²) in [5.41, 5.74) is 5.43. The second-order valence-corrected chi connectivity index (χ2v) is 6.82. The van der Waals surface area contributed by atoms with Crippen molar-refractivity contribution in [3.63, 3.8) is 0 Å². The van der Waals surface area contributed by atoms with Crippen LogP contribution in [0.5, 0.6) is 0 Å². The molecule has 0 saturated heterocycles. The molecular weight excluding hydrogens is 266 g/mol. The van der Waals surface area contributed by atoms with Gasteiger partial charge in [-0.25, -0.2) is 0 Å². The van der Waals surface area contributed by atoms with Gasteiger partial charge in [-0.15, -0.1) is 0 Å². The van der Waals surface area contributed by atoms with Crippen molar-refractivity contribution >= 4 is 10.2 Å². The Bertz CT molecular complexity index is 482. The minimum atomic E-state index is -3.44. The Kier molecular flexibility index (Phi) is 4.62. The zero-order valence-electron chi connectivity index (χ0n) is 11.2. The van der Waals surface area contributed by atoms with Crippen LogP contribution in [0, 0.1) is 0 Å². The van der Waals surface area contributed by atoms with Gasteiger partial charge < -0.3 is 10.2 Å². The highest BCUT2D eigenvalue weighted by Crippen LogP contribution is 2.31. The van der Waals surface area contributed by atoms with Gasteiger partial charge in [0.25, 0.3) is 10.2 Å². The fraction of sp³-hybridized carbons (Fsp3) is 0.667. The van der Waals surface area contributed by atoms with Crippen LogP contribution in [-0.2, 0) is 16.8 Å². The number of nitrogens with two attached hydrogens (primary N) is 1. The van der Waals surface area contributed by atoms with Crippen molar-refractivity contribution in [2.24, 2.45) is 5.73 Å². The number of hydrogen-bond donors (Lipinski definition) is 1. The van der Waals surface area contributed by atoms with Crippen molar-refractivity contribution in [2.45, 2.75) is 31.8 Å². The predicted octanol–water partition coefficient (Wildman–Crippen LogP) is 0.769. The van der Waals surface area contributed by atoms with Gasteiger partial charge in [0.05, 0.1) is 12.8 Å². The Labute approximate surface area is 114 Å². The van der Waals surface area contributed by atoms with Crippen LogP contribution in [0.15, 0.2) is 22.8 Å². The Morgan fingerprint density at radius 1 is 1.47 bits per heavy atom.